The Kier molecular flexibility index (Phi) is 5.53. The number of carbonyl (C=O) groups excluding carboxylic acids is 1. The lowest BCUT2D eigenvalue weighted by Gasteiger charge is -2.19. The summed E-state index contributed by atoms with van der Waals surface area (Å²) in [5.74, 6) is -1.25. The van der Waals surface area contributed by atoms with E-state index in [4.69, 9.17) is 5.11 Å². The highest BCUT2D eigenvalue weighted by Crippen LogP contribution is 2.19. The summed E-state index contributed by atoms with van der Waals surface area (Å²) in [7, 11) is 0. The van der Waals surface area contributed by atoms with Gasteiger partial charge in [0, 0.05) is 12.1 Å². The molecule has 0 fully saturated rings. The van der Waals surface area contributed by atoms with E-state index < -0.39 is 5.97 Å². The number of carboxylic acid groups (broad SMARTS) is 1. The van der Waals surface area contributed by atoms with Gasteiger partial charge in [0.2, 0.25) is 0 Å². The normalized spacial score (nSPS) is 9.85. The fourth-order valence-corrected chi connectivity index (χ4v) is 2.07. The van der Waals surface area contributed by atoms with Gasteiger partial charge in [-0.3, -0.25) is 9.59 Å². The van der Waals surface area contributed by atoms with Gasteiger partial charge >= 0.3 is 5.97 Å². The second-order valence-corrected chi connectivity index (χ2v) is 4.24. The first-order chi connectivity index (χ1) is 9.13. The van der Waals surface area contributed by atoms with Crippen LogP contribution in [0.5, 0.6) is 0 Å². The van der Waals surface area contributed by atoms with Gasteiger partial charge < -0.3 is 10.0 Å². The largest absolute Gasteiger partial charge is 0.480 e. The van der Waals surface area contributed by atoms with E-state index in [2.05, 4.69) is 0 Å². The van der Waals surface area contributed by atoms with E-state index in [1.54, 1.807) is 13.0 Å². The number of halogens is 1. The van der Waals surface area contributed by atoms with E-state index in [-0.39, 0.29) is 24.9 Å². The molecule has 0 aromatic heterocycles. The molecule has 0 atom stereocenters. The van der Waals surface area contributed by atoms with Crippen LogP contribution in [0.15, 0.2) is 42.5 Å². The second-order valence-electron chi connectivity index (χ2n) is 4.24. The highest BCUT2D eigenvalue weighted by atomic mass is 35.5. The Bertz CT molecular complexity index is 622. The first kappa shape index (κ1) is 16.0. The molecule has 0 saturated heterocycles. The molecule has 0 spiro atoms. The summed E-state index contributed by atoms with van der Waals surface area (Å²) in [4.78, 5) is 24.5. The fourth-order valence-electron chi connectivity index (χ4n) is 2.07. The average Bonchev–Trinajstić information content (AvgIpc) is 2.43. The predicted molar refractivity (Wildman–Crippen MR) is 80.4 cm³/mol. The van der Waals surface area contributed by atoms with Crippen LogP contribution in [0.3, 0.4) is 0 Å². The van der Waals surface area contributed by atoms with Crippen molar-refractivity contribution < 1.29 is 14.7 Å². The molecule has 4 nitrogen and oxygen atoms in total. The zero-order valence-electron chi connectivity index (χ0n) is 11.1. The Morgan fingerprint density at radius 1 is 1.10 bits per heavy atom. The number of nitrogens with zero attached hydrogens (tertiary/aromatic N) is 1. The van der Waals surface area contributed by atoms with E-state index in [0.717, 1.165) is 10.8 Å². The third-order valence-corrected chi connectivity index (χ3v) is 3.02. The number of carboxylic acids is 1. The van der Waals surface area contributed by atoms with Crippen molar-refractivity contribution in [2.75, 3.05) is 13.1 Å². The van der Waals surface area contributed by atoms with Gasteiger partial charge in [-0.05, 0) is 23.8 Å². The lowest BCUT2D eigenvalue weighted by Crippen LogP contribution is -2.35. The van der Waals surface area contributed by atoms with Gasteiger partial charge in [-0.25, -0.2) is 0 Å². The Morgan fingerprint density at radius 2 is 1.75 bits per heavy atom. The first-order valence-electron chi connectivity index (χ1n) is 6.12. The molecule has 2 aromatic rings. The molecule has 20 heavy (non-hydrogen) atoms. The van der Waals surface area contributed by atoms with E-state index in [0.29, 0.717) is 12.1 Å². The van der Waals surface area contributed by atoms with Gasteiger partial charge in [0.15, 0.2) is 0 Å². The molecular formula is C15H16ClNO3. The molecule has 0 unspecified atom stereocenters. The van der Waals surface area contributed by atoms with Crippen LogP contribution >= 0.6 is 12.4 Å². The number of benzene rings is 2. The molecule has 0 heterocycles. The van der Waals surface area contributed by atoms with Crippen molar-refractivity contribution in [1.82, 2.24) is 4.90 Å². The number of rotatable bonds is 4. The molecule has 2 rings (SSSR count). The summed E-state index contributed by atoms with van der Waals surface area (Å²) in [5, 5.41) is 10.6. The summed E-state index contributed by atoms with van der Waals surface area (Å²) in [6, 6.07) is 13.0. The number of hydrogen-bond acceptors (Lipinski definition) is 2. The summed E-state index contributed by atoms with van der Waals surface area (Å²) in [6.07, 6.45) is 0. The number of carbonyl (C=O) groups is 2. The lowest BCUT2D eigenvalue weighted by molar-refractivity contribution is -0.137. The number of hydrogen-bond donors (Lipinski definition) is 1. The maximum atomic E-state index is 12.4. The molecule has 1 amide bonds. The van der Waals surface area contributed by atoms with Crippen molar-refractivity contribution in [1.29, 1.82) is 0 Å². The van der Waals surface area contributed by atoms with Gasteiger partial charge in [-0.15, -0.1) is 12.4 Å². The topological polar surface area (TPSA) is 57.6 Å². The van der Waals surface area contributed by atoms with Crippen LogP contribution in [0.2, 0.25) is 0 Å². The number of likely N-dealkylation sites (N-methyl/N-ethyl adjacent to an activating group) is 1. The number of fused-ring (bicyclic) bond motifs is 1. The van der Waals surface area contributed by atoms with Crippen LogP contribution < -0.4 is 0 Å². The average molecular weight is 294 g/mol. The van der Waals surface area contributed by atoms with Gasteiger partial charge in [-0.2, -0.15) is 0 Å². The zero-order chi connectivity index (χ0) is 13.8. The third-order valence-electron chi connectivity index (χ3n) is 3.02. The van der Waals surface area contributed by atoms with Crippen LogP contribution in [0.1, 0.15) is 17.3 Å². The molecular weight excluding hydrogens is 278 g/mol. The minimum Gasteiger partial charge on any atom is -0.480 e. The molecule has 106 valence electrons. The quantitative estimate of drug-likeness (QED) is 0.943. The fraction of sp³-hybridized carbons (Fsp3) is 0.200. The van der Waals surface area contributed by atoms with Crippen LogP contribution in [-0.2, 0) is 4.79 Å². The Labute approximate surface area is 123 Å². The van der Waals surface area contributed by atoms with Crippen molar-refractivity contribution in [3.8, 4) is 0 Å². The summed E-state index contributed by atoms with van der Waals surface area (Å²) in [5.41, 5.74) is 0.543. The minimum absolute atomic E-state index is 0. The van der Waals surface area contributed by atoms with E-state index >= 15 is 0 Å². The molecule has 5 heteroatoms. The van der Waals surface area contributed by atoms with Crippen molar-refractivity contribution in [2.45, 2.75) is 6.92 Å². The molecule has 0 aliphatic rings. The highest BCUT2D eigenvalue weighted by Gasteiger charge is 2.18. The van der Waals surface area contributed by atoms with E-state index in [1.165, 1.54) is 4.90 Å². The summed E-state index contributed by atoms with van der Waals surface area (Å²) < 4.78 is 0. The minimum atomic E-state index is -1.00. The molecule has 0 aliphatic heterocycles. The third kappa shape index (κ3) is 3.27. The predicted octanol–water partition coefficient (Wildman–Crippen LogP) is 2.81. The van der Waals surface area contributed by atoms with Crippen molar-refractivity contribution >= 4 is 35.1 Å². The van der Waals surface area contributed by atoms with Crippen molar-refractivity contribution in [3.05, 3.63) is 48.0 Å². The SMILES string of the molecule is CCN(CC(=O)O)C(=O)c1cccc2ccccc12.Cl. The Hall–Kier alpha value is -2.07. The molecule has 1 N–H and O–H groups in total. The molecule has 0 saturated carbocycles. The Balaban J connectivity index is 0.00000200. The maximum absolute atomic E-state index is 12.4. The van der Waals surface area contributed by atoms with Crippen LogP contribution in [0, 0.1) is 0 Å². The van der Waals surface area contributed by atoms with Gasteiger partial charge in [-0.1, -0.05) is 36.4 Å². The van der Waals surface area contributed by atoms with Gasteiger partial charge in [0.1, 0.15) is 6.54 Å². The maximum Gasteiger partial charge on any atom is 0.323 e. The van der Waals surface area contributed by atoms with E-state index in [1.807, 2.05) is 36.4 Å². The summed E-state index contributed by atoms with van der Waals surface area (Å²) in [6.45, 7) is 1.86. The second kappa shape index (κ2) is 6.91. The molecule has 2 aromatic carbocycles. The molecule has 0 bridgehead atoms. The van der Waals surface area contributed by atoms with E-state index in [9.17, 15) is 9.59 Å². The standard InChI is InChI=1S/C15H15NO3.ClH/c1-2-16(10-14(17)18)15(19)13-9-5-7-11-6-3-4-8-12(11)13;/h3-9H,2,10H2,1H3,(H,17,18);1H. The molecule has 0 radical (unpaired) electrons. The smallest absolute Gasteiger partial charge is 0.323 e. The van der Waals surface area contributed by atoms with Crippen molar-refractivity contribution in [3.63, 3.8) is 0 Å². The number of aliphatic carboxylic acids is 1. The Morgan fingerprint density at radius 3 is 2.40 bits per heavy atom. The van der Waals surface area contributed by atoms with Crippen LogP contribution in [0.25, 0.3) is 10.8 Å². The summed E-state index contributed by atoms with van der Waals surface area (Å²) >= 11 is 0. The molecule has 0 aliphatic carbocycles. The first-order valence-corrected chi connectivity index (χ1v) is 6.12. The monoisotopic (exact) mass is 293 g/mol. The lowest BCUT2D eigenvalue weighted by atomic mass is 10.0. The van der Waals surface area contributed by atoms with Crippen LogP contribution in [0.4, 0.5) is 0 Å². The number of amides is 1. The highest BCUT2D eigenvalue weighted by molar-refractivity contribution is 6.07. The van der Waals surface area contributed by atoms with Crippen LogP contribution in [-0.4, -0.2) is 35.0 Å². The van der Waals surface area contributed by atoms with Crippen molar-refractivity contribution in [2.24, 2.45) is 0 Å². The van der Waals surface area contributed by atoms with Gasteiger partial charge in [0.25, 0.3) is 5.91 Å². The van der Waals surface area contributed by atoms with Gasteiger partial charge in [0.05, 0.1) is 0 Å². The zero-order valence-corrected chi connectivity index (χ0v) is 11.9.